The van der Waals surface area contributed by atoms with Gasteiger partial charge in [-0.15, -0.1) is 11.8 Å². The Morgan fingerprint density at radius 3 is 2.03 bits per heavy atom. The second-order valence-corrected chi connectivity index (χ2v) is 9.73. The molecule has 0 aliphatic carbocycles. The van der Waals surface area contributed by atoms with Crippen LogP contribution in [0.25, 0.3) is 0 Å². The van der Waals surface area contributed by atoms with Crippen LogP contribution < -0.4 is 15.8 Å². The molecule has 0 aromatic heterocycles. The molecule has 1 atom stereocenters. The predicted molar refractivity (Wildman–Crippen MR) is 123 cm³/mol. The number of amides is 2. The van der Waals surface area contributed by atoms with Gasteiger partial charge in [0.2, 0.25) is 11.8 Å². The summed E-state index contributed by atoms with van der Waals surface area (Å²) in [5.41, 5.74) is 6.56. The van der Waals surface area contributed by atoms with Crippen LogP contribution in [0.3, 0.4) is 0 Å². The number of hydrogen-bond donors (Lipinski definition) is 3. The fourth-order valence-electron chi connectivity index (χ4n) is 2.63. The summed E-state index contributed by atoms with van der Waals surface area (Å²) < 4.78 is 27.3. The van der Waals surface area contributed by atoms with Crippen LogP contribution in [-0.2, 0) is 14.8 Å². The Labute approximate surface area is 185 Å². The van der Waals surface area contributed by atoms with E-state index >= 15 is 0 Å². The Morgan fingerprint density at radius 2 is 1.45 bits per heavy atom. The zero-order valence-corrected chi connectivity index (χ0v) is 18.2. The molecule has 3 rings (SSSR count). The molecule has 3 aromatic rings. The Balaban J connectivity index is 1.58. The number of anilines is 2. The molecule has 7 nitrogen and oxygen atoms in total. The van der Waals surface area contributed by atoms with Gasteiger partial charge in [0.25, 0.3) is 10.0 Å². The molecule has 160 valence electrons. The van der Waals surface area contributed by atoms with Gasteiger partial charge >= 0.3 is 0 Å². The number of benzene rings is 3. The number of nitrogens with one attached hydrogen (secondary N) is 2. The zero-order chi connectivity index (χ0) is 22.4. The number of rotatable bonds is 8. The van der Waals surface area contributed by atoms with Crippen LogP contribution >= 0.6 is 11.8 Å². The van der Waals surface area contributed by atoms with Crippen molar-refractivity contribution in [2.75, 3.05) is 10.0 Å². The highest BCUT2D eigenvalue weighted by atomic mass is 32.2. The zero-order valence-electron chi connectivity index (χ0n) is 16.6. The smallest absolute Gasteiger partial charge is 0.261 e. The molecule has 0 aliphatic rings. The van der Waals surface area contributed by atoms with Crippen molar-refractivity contribution in [1.82, 2.24) is 0 Å². The van der Waals surface area contributed by atoms with Gasteiger partial charge < -0.3 is 11.1 Å². The molecule has 3 aromatic carbocycles. The molecular weight excluding hydrogens is 434 g/mol. The summed E-state index contributed by atoms with van der Waals surface area (Å²) in [6.45, 7) is 1.77. The van der Waals surface area contributed by atoms with Gasteiger partial charge in [-0.3, -0.25) is 14.3 Å². The molecule has 0 saturated heterocycles. The number of carbonyl (C=O) groups is 2. The van der Waals surface area contributed by atoms with Gasteiger partial charge in [-0.25, -0.2) is 8.42 Å². The van der Waals surface area contributed by atoms with E-state index < -0.39 is 21.2 Å². The molecule has 0 saturated carbocycles. The van der Waals surface area contributed by atoms with Crippen molar-refractivity contribution in [3.8, 4) is 0 Å². The molecule has 0 heterocycles. The maximum atomic E-state index is 12.4. The summed E-state index contributed by atoms with van der Waals surface area (Å²) in [6.07, 6.45) is 0. The van der Waals surface area contributed by atoms with E-state index in [4.69, 9.17) is 5.73 Å². The summed E-state index contributed by atoms with van der Waals surface area (Å²) in [5.74, 6) is -0.734. The van der Waals surface area contributed by atoms with Crippen molar-refractivity contribution in [2.24, 2.45) is 5.73 Å². The average molecular weight is 456 g/mol. The number of sulfonamides is 1. The van der Waals surface area contributed by atoms with Crippen molar-refractivity contribution < 1.29 is 18.0 Å². The van der Waals surface area contributed by atoms with Gasteiger partial charge in [0, 0.05) is 21.8 Å². The third-order valence-electron chi connectivity index (χ3n) is 4.28. The summed E-state index contributed by atoms with van der Waals surface area (Å²) in [5, 5.41) is 2.38. The SMILES string of the molecule is CC(Sc1ccc(NS(=O)(=O)c2ccccc2)cc1)C(=O)Nc1ccc(C(N)=O)cc1. The maximum Gasteiger partial charge on any atom is 0.261 e. The maximum absolute atomic E-state index is 12.4. The summed E-state index contributed by atoms with van der Waals surface area (Å²) in [4.78, 5) is 24.5. The lowest BCUT2D eigenvalue weighted by Gasteiger charge is -2.13. The van der Waals surface area contributed by atoms with E-state index in [1.807, 2.05) is 0 Å². The topological polar surface area (TPSA) is 118 Å². The second-order valence-electron chi connectivity index (χ2n) is 6.63. The number of primary amides is 1. The highest BCUT2D eigenvalue weighted by molar-refractivity contribution is 8.00. The quantitative estimate of drug-likeness (QED) is 0.448. The molecule has 31 heavy (non-hydrogen) atoms. The number of hydrogen-bond acceptors (Lipinski definition) is 5. The Hall–Kier alpha value is -3.30. The first-order valence-corrected chi connectivity index (χ1v) is 11.7. The van der Waals surface area contributed by atoms with Gasteiger partial charge in [-0.05, 0) is 67.6 Å². The molecule has 1 unspecified atom stereocenters. The number of thioether (sulfide) groups is 1. The number of carbonyl (C=O) groups excluding carboxylic acids is 2. The largest absolute Gasteiger partial charge is 0.366 e. The van der Waals surface area contributed by atoms with E-state index in [0.717, 1.165) is 4.90 Å². The minimum absolute atomic E-state index is 0.183. The predicted octanol–water partition coefficient (Wildman–Crippen LogP) is 3.71. The molecule has 4 N–H and O–H groups in total. The molecule has 0 spiro atoms. The van der Waals surface area contributed by atoms with E-state index in [9.17, 15) is 18.0 Å². The third-order valence-corrected chi connectivity index (χ3v) is 6.79. The Morgan fingerprint density at radius 1 is 0.871 bits per heavy atom. The minimum atomic E-state index is -3.66. The van der Waals surface area contributed by atoms with Crippen LogP contribution in [-0.4, -0.2) is 25.5 Å². The van der Waals surface area contributed by atoms with Crippen LogP contribution in [0.1, 0.15) is 17.3 Å². The van der Waals surface area contributed by atoms with Crippen LogP contribution in [0.2, 0.25) is 0 Å². The van der Waals surface area contributed by atoms with Crippen molar-refractivity contribution in [1.29, 1.82) is 0 Å². The highest BCUT2D eigenvalue weighted by Gasteiger charge is 2.16. The van der Waals surface area contributed by atoms with E-state index in [1.54, 1.807) is 73.7 Å². The standard InChI is InChI=1S/C22H21N3O4S2/c1-15(22(27)24-17-9-7-16(8-10-17)21(23)26)30-19-13-11-18(12-14-19)25-31(28,29)20-5-3-2-4-6-20/h2-15,25H,1H3,(H2,23,26)(H,24,27). The average Bonchev–Trinajstić information content (AvgIpc) is 2.76. The fraction of sp³-hybridized carbons (Fsp3) is 0.0909. The highest BCUT2D eigenvalue weighted by Crippen LogP contribution is 2.26. The lowest BCUT2D eigenvalue weighted by molar-refractivity contribution is -0.115. The summed E-state index contributed by atoms with van der Waals surface area (Å²) in [6, 6.07) is 21.2. The van der Waals surface area contributed by atoms with Gasteiger partial charge in [0.1, 0.15) is 0 Å². The summed E-state index contributed by atoms with van der Waals surface area (Å²) in [7, 11) is -3.66. The Bertz CT molecular complexity index is 1160. The lowest BCUT2D eigenvalue weighted by atomic mass is 10.2. The third kappa shape index (κ3) is 6.09. The Kier molecular flexibility index (Phi) is 6.98. The molecule has 0 aliphatic heterocycles. The molecule has 0 radical (unpaired) electrons. The minimum Gasteiger partial charge on any atom is -0.366 e. The first-order valence-electron chi connectivity index (χ1n) is 9.30. The molecule has 2 amide bonds. The van der Waals surface area contributed by atoms with Crippen molar-refractivity contribution >= 4 is 45.0 Å². The van der Waals surface area contributed by atoms with E-state index in [-0.39, 0.29) is 10.8 Å². The number of nitrogens with two attached hydrogens (primary N) is 1. The van der Waals surface area contributed by atoms with Gasteiger partial charge in [-0.2, -0.15) is 0 Å². The van der Waals surface area contributed by atoms with Crippen molar-refractivity contribution in [2.45, 2.75) is 22.0 Å². The molecule has 0 fully saturated rings. The molecule has 9 heteroatoms. The second kappa shape index (κ2) is 9.67. The monoisotopic (exact) mass is 455 g/mol. The van der Waals surface area contributed by atoms with Gasteiger partial charge in [0.15, 0.2) is 0 Å². The van der Waals surface area contributed by atoms with Crippen molar-refractivity contribution in [3.05, 3.63) is 84.4 Å². The van der Waals surface area contributed by atoms with Crippen LogP contribution in [0.15, 0.2) is 88.7 Å². The van der Waals surface area contributed by atoms with Gasteiger partial charge in [0.05, 0.1) is 10.1 Å². The van der Waals surface area contributed by atoms with Crippen LogP contribution in [0.5, 0.6) is 0 Å². The molecule has 0 bridgehead atoms. The van der Waals surface area contributed by atoms with E-state index in [1.165, 1.54) is 23.9 Å². The fourth-order valence-corrected chi connectivity index (χ4v) is 4.58. The van der Waals surface area contributed by atoms with Gasteiger partial charge in [-0.1, -0.05) is 18.2 Å². The van der Waals surface area contributed by atoms with Crippen LogP contribution in [0.4, 0.5) is 11.4 Å². The lowest BCUT2D eigenvalue weighted by Crippen LogP contribution is -2.22. The summed E-state index contributed by atoms with van der Waals surface area (Å²) >= 11 is 1.34. The first kappa shape index (κ1) is 22.4. The van der Waals surface area contributed by atoms with E-state index in [0.29, 0.717) is 16.9 Å². The normalized spacial score (nSPS) is 12.0. The van der Waals surface area contributed by atoms with E-state index in [2.05, 4.69) is 10.0 Å². The molecular formula is C22H21N3O4S2. The first-order chi connectivity index (χ1) is 14.7. The van der Waals surface area contributed by atoms with Crippen molar-refractivity contribution in [3.63, 3.8) is 0 Å². The van der Waals surface area contributed by atoms with Crippen LogP contribution in [0, 0.1) is 0 Å².